The Morgan fingerprint density at radius 3 is 2.55 bits per heavy atom. The third-order valence-electron chi connectivity index (χ3n) is 3.88. The third-order valence-corrected chi connectivity index (χ3v) is 4.13. The van der Waals surface area contributed by atoms with Gasteiger partial charge in [-0.1, -0.05) is 18.0 Å². The number of piperidine rings is 1. The zero-order valence-electron chi connectivity index (χ0n) is 11.5. The molecule has 2 rings (SSSR count). The molecule has 2 atom stereocenters. The van der Waals surface area contributed by atoms with Crippen LogP contribution in [0.2, 0.25) is 5.02 Å². The molecule has 4 nitrogen and oxygen atoms in total. The van der Waals surface area contributed by atoms with Crippen molar-refractivity contribution in [3.8, 4) is 0 Å². The SMILES string of the molecule is CC(C(=O)c1ccc(Cl)cc1)N1CCCCC1C(N)=O. The fourth-order valence-corrected chi connectivity index (χ4v) is 2.85. The van der Waals surface area contributed by atoms with Gasteiger partial charge < -0.3 is 5.73 Å². The van der Waals surface area contributed by atoms with Crippen LogP contribution < -0.4 is 5.73 Å². The molecule has 2 N–H and O–H groups in total. The monoisotopic (exact) mass is 294 g/mol. The molecular weight excluding hydrogens is 276 g/mol. The predicted octanol–water partition coefficient (Wildman–Crippen LogP) is 2.25. The van der Waals surface area contributed by atoms with E-state index >= 15 is 0 Å². The summed E-state index contributed by atoms with van der Waals surface area (Å²) in [6, 6.07) is 6.13. The Kier molecular flexibility index (Phi) is 4.78. The Bertz CT molecular complexity index is 501. The van der Waals surface area contributed by atoms with E-state index in [9.17, 15) is 9.59 Å². The molecule has 20 heavy (non-hydrogen) atoms. The number of primary amides is 1. The second-order valence-electron chi connectivity index (χ2n) is 5.20. The summed E-state index contributed by atoms with van der Waals surface area (Å²) in [4.78, 5) is 25.9. The average molecular weight is 295 g/mol. The van der Waals surface area contributed by atoms with E-state index in [1.807, 2.05) is 11.8 Å². The van der Waals surface area contributed by atoms with Crippen molar-refractivity contribution < 1.29 is 9.59 Å². The standard InChI is InChI=1S/C15H19ClN2O2/c1-10(14(19)11-5-7-12(16)8-6-11)18-9-3-2-4-13(18)15(17)20/h5-8,10,13H,2-4,9H2,1H3,(H2,17,20). The molecule has 0 spiro atoms. The second kappa shape index (κ2) is 6.37. The van der Waals surface area contributed by atoms with E-state index in [1.165, 1.54) is 0 Å². The summed E-state index contributed by atoms with van der Waals surface area (Å²) < 4.78 is 0. The van der Waals surface area contributed by atoms with Crippen LogP contribution in [0.15, 0.2) is 24.3 Å². The first-order valence-corrected chi connectivity index (χ1v) is 7.23. The van der Waals surface area contributed by atoms with E-state index in [0.717, 1.165) is 25.8 Å². The molecule has 0 aromatic heterocycles. The minimum Gasteiger partial charge on any atom is -0.368 e. The van der Waals surface area contributed by atoms with Crippen LogP contribution in [0.5, 0.6) is 0 Å². The number of hydrogen-bond acceptors (Lipinski definition) is 3. The molecule has 0 radical (unpaired) electrons. The summed E-state index contributed by atoms with van der Waals surface area (Å²) >= 11 is 5.83. The van der Waals surface area contributed by atoms with Gasteiger partial charge in [0, 0.05) is 10.6 Å². The van der Waals surface area contributed by atoms with Crippen molar-refractivity contribution in [1.29, 1.82) is 0 Å². The number of halogens is 1. The van der Waals surface area contributed by atoms with Gasteiger partial charge in [0.15, 0.2) is 5.78 Å². The number of rotatable bonds is 4. The predicted molar refractivity (Wildman–Crippen MR) is 78.8 cm³/mol. The molecule has 5 heteroatoms. The van der Waals surface area contributed by atoms with Crippen LogP contribution in [0.1, 0.15) is 36.5 Å². The van der Waals surface area contributed by atoms with Gasteiger partial charge in [0.25, 0.3) is 0 Å². The summed E-state index contributed by atoms with van der Waals surface area (Å²) in [5.74, 6) is -0.352. The molecule has 1 aliphatic heterocycles. The quantitative estimate of drug-likeness (QED) is 0.866. The Balaban J connectivity index is 2.16. The first kappa shape index (κ1) is 15.0. The van der Waals surface area contributed by atoms with Gasteiger partial charge in [0.1, 0.15) is 0 Å². The number of ketones is 1. The number of amides is 1. The van der Waals surface area contributed by atoms with Crippen LogP contribution in [0.25, 0.3) is 0 Å². The summed E-state index contributed by atoms with van der Waals surface area (Å²) in [5.41, 5.74) is 6.05. The smallest absolute Gasteiger partial charge is 0.234 e. The molecule has 1 fully saturated rings. The van der Waals surface area contributed by atoms with Gasteiger partial charge in [0.05, 0.1) is 12.1 Å². The highest BCUT2D eigenvalue weighted by molar-refractivity contribution is 6.30. The van der Waals surface area contributed by atoms with E-state index in [-0.39, 0.29) is 23.8 Å². The summed E-state index contributed by atoms with van der Waals surface area (Å²) in [5, 5.41) is 0.599. The van der Waals surface area contributed by atoms with Gasteiger partial charge in [-0.25, -0.2) is 0 Å². The summed E-state index contributed by atoms with van der Waals surface area (Å²) in [7, 11) is 0. The van der Waals surface area contributed by atoms with Gasteiger partial charge in [-0.2, -0.15) is 0 Å². The molecule has 1 amide bonds. The summed E-state index contributed by atoms with van der Waals surface area (Å²) in [6.07, 6.45) is 2.70. The molecule has 1 aromatic rings. The number of hydrogen-bond donors (Lipinski definition) is 1. The van der Waals surface area contributed by atoms with Crippen LogP contribution in [0.4, 0.5) is 0 Å². The first-order chi connectivity index (χ1) is 9.50. The normalized spacial score (nSPS) is 21.4. The van der Waals surface area contributed by atoms with Gasteiger partial charge in [-0.05, 0) is 50.6 Å². The lowest BCUT2D eigenvalue weighted by atomic mass is 9.96. The molecule has 1 aliphatic rings. The van der Waals surface area contributed by atoms with Crippen molar-refractivity contribution in [3.05, 3.63) is 34.9 Å². The zero-order valence-corrected chi connectivity index (χ0v) is 12.3. The number of carbonyl (C=O) groups is 2. The highest BCUT2D eigenvalue weighted by atomic mass is 35.5. The van der Waals surface area contributed by atoms with Gasteiger partial charge in [-0.3, -0.25) is 14.5 Å². The molecule has 1 saturated heterocycles. The van der Waals surface area contributed by atoms with E-state index < -0.39 is 0 Å². The van der Waals surface area contributed by atoms with Crippen LogP contribution in [-0.4, -0.2) is 35.2 Å². The Morgan fingerprint density at radius 1 is 1.30 bits per heavy atom. The lowest BCUT2D eigenvalue weighted by molar-refractivity contribution is -0.124. The average Bonchev–Trinajstić information content (AvgIpc) is 2.46. The number of benzene rings is 1. The van der Waals surface area contributed by atoms with Crippen LogP contribution in [0, 0.1) is 0 Å². The third kappa shape index (κ3) is 3.19. The minimum atomic E-state index is -0.353. The minimum absolute atomic E-state index is 0.00480. The van der Waals surface area contributed by atoms with Crippen molar-refractivity contribution in [3.63, 3.8) is 0 Å². The topological polar surface area (TPSA) is 63.4 Å². The maximum atomic E-state index is 12.5. The lowest BCUT2D eigenvalue weighted by Crippen LogP contribution is -2.53. The van der Waals surface area contributed by atoms with Crippen molar-refractivity contribution >= 4 is 23.3 Å². The van der Waals surface area contributed by atoms with Crippen molar-refractivity contribution in [1.82, 2.24) is 4.90 Å². The Morgan fingerprint density at radius 2 is 1.95 bits per heavy atom. The molecule has 1 aromatic carbocycles. The van der Waals surface area contributed by atoms with E-state index in [4.69, 9.17) is 17.3 Å². The fourth-order valence-electron chi connectivity index (χ4n) is 2.73. The Labute approximate surface area is 123 Å². The first-order valence-electron chi connectivity index (χ1n) is 6.85. The number of nitrogens with zero attached hydrogens (tertiary/aromatic N) is 1. The fraction of sp³-hybridized carbons (Fsp3) is 0.467. The molecule has 0 aliphatic carbocycles. The molecule has 108 valence electrons. The van der Waals surface area contributed by atoms with Crippen molar-refractivity contribution in [2.75, 3.05) is 6.54 Å². The van der Waals surface area contributed by atoms with E-state index in [1.54, 1.807) is 24.3 Å². The zero-order chi connectivity index (χ0) is 14.7. The van der Waals surface area contributed by atoms with E-state index in [2.05, 4.69) is 0 Å². The maximum absolute atomic E-state index is 12.5. The Hall–Kier alpha value is -1.39. The van der Waals surface area contributed by atoms with Crippen LogP contribution in [-0.2, 0) is 4.79 Å². The lowest BCUT2D eigenvalue weighted by Gasteiger charge is -2.37. The van der Waals surface area contributed by atoms with Crippen LogP contribution >= 0.6 is 11.6 Å². The van der Waals surface area contributed by atoms with Crippen LogP contribution in [0.3, 0.4) is 0 Å². The molecular formula is C15H19ClN2O2. The number of carbonyl (C=O) groups excluding carboxylic acids is 2. The highest BCUT2D eigenvalue weighted by Gasteiger charge is 2.33. The van der Waals surface area contributed by atoms with Crippen molar-refractivity contribution in [2.24, 2.45) is 5.73 Å². The molecule has 2 unspecified atom stereocenters. The molecule has 1 heterocycles. The highest BCUT2D eigenvalue weighted by Crippen LogP contribution is 2.22. The summed E-state index contributed by atoms with van der Waals surface area (Å²) in [6.45, 7) is 2.56. The molecule has 0 bridgehead atoms. The van der Waals surface area contributed by atoms with Crippen molar-refractivity contribution in [2.45, 2.75) is 38.3 Å². The number of likely N-dealkylation sites (tertiary alicyclic amines) is 1. The van der Waals surface area contributed by atoms with E-state index in [0.29, 0.717) is 10.6 Å². The maximum Gasteiger partial charge on any atom is 0.234 e. The molecule has 0 saturated carbocycles. The number of Topliss-reactive ketones (excluding diaryl/α,β-unsaturated/α-hetero) is 1. The van der Waals surface area contributed by atoms with Gasteiger partial charge in [-0.15, -0.1) is 0 Å². The number of nitrogens with two attached hydrogens (primary N) is 1. The largest absolute Gasteiger partial charge is 0.368 e. The van der Waals surface area contributed by atoms with Gasteiger partial charge in [0.2, 0.25) is 5.91 Å². The van der Waals surface area contributed by atoms with Gasteiger partial charge >= 0.3 is 0 Å². The second-order valence-corrected chi connectivity index (χ2v) is 5.64.